The van der Waals surface area contributed by atoms with Crippen LogP contribution in [-0.2, 0) is 17.5 Å². The molecule has 3 N–H and O–H groups in total. The molecule has 1 aromatic carbocycles. The fourth-order valence-corrected chi connectivity index (χ4v) is 3.69. The fourth-order valence-electron chi connectivity index (χ4n) is 3.12. The molecular formula is C21H27N4O4P. The summed E-state index contributed by atoms with van der Waals surface area (Å²) in [4.78, 5) is 26.8. The van der Waals surface area contributed by atoms with E-state index in [1.807, 2.05) is 43.3 Å². The van der Waals surface area contributed by atoms with E-state index in [4.69, 9.17) is 14.3 Å². The average Bonchev–Trinajstić information content (AvgIpc) is 3.17. The van der Waals surface area contributed by atoms with Crippen molar-refractivity contribution in [3.05, 3.63) is 53.3 Å². The second-order valence-electron chi connectivity index (χ2n) is 7.28. The minimum Gasteiger partial charge on any atom is -0.334 e. The predicted octanol–water partition coefficient (Wildman–Crippen LogP) is 3.72. The molecule has 160 valence electrons. The third-order valence-corrected chi connectivity index (χ3v) is 5.43. The first-order chi connectivity index (χ1) is 14.3. The fraction of sp³-hybridized carbons (Fsp3) is 0.381. The lowest BCUT2D eigenvalue weighted by Gasteiger charge is -2.06. The van der Waals surface area contributed by atoms with Crippen molar-refractivity contribution >= 4 is 7.60 Å². The van der Waals surface area contributed by atoms with Gasteiger partial charge < -0.3 is 19.6 Å². The highest BCUT2D eigenvalue weighted by atomic mass is 31.2. The Morgan fingerprint density at radius 2 is 1.87 bits per heavy atom. The van der Waals surface area contributed by atoms with E-state index in [0.29, 0.717) is 31.2 Å². The Kier molecular flexibility index (Phi) is 7.50. The van der Waals surface area contributed by atoms with Crippen LogP contribution in [-0.4, -0.2) is 37.6 Å². The van der Waals surface area contributed by atoms with Crippen LogP contribution in [0.3, 0.4) is 0 Å². The first-order valence-corrected chi connectivity index (χ1v) is 11.8. The van der Waals surface area contributed by atoms with E-state index in [1.165, 1.54) is 0 Å². The summed E-state index contributed by atoms with van der Waals surface area (Å²) in [5.74, 6) is 1.00. The van der Waals surface area contributed by atoms with Crippen LogP contribution in [0.5, 0.6) is 0 Å². The predicted molar refractivity (Wildman–Crippen MR) is 115 cm³/mol. The normalized spacial score (nSPS) is 11.7. The Bertz CT molecular complexity index is 1010. The first-order valence-electron chi connectivity index (χ1n) is 10.0. The van der Waals surface area contributed by atoms with Crippen molar-refractivity contribution in [3.63, 3.8) is 0 Å². The number of rotatable bonds is 10. The molecule has 0 unspecified atom stereocenters. The zero-order valence-electron chi connectivity index (χ0n) is 17.2. The molecule has 0 atom stereocenters. The van der Waals surface area contributed by atoms with Crippen LogP contribution < -0.4 is 5.32 Å². The number of benzene rings is 1. The largest absolute Gasteiger partial charge is 0.334 e. The summed E-state index contributed by atoms with van der Waals surface area (Å²) < 4.78 is 16.3. The first kappa shape index (κ1) is 22.3. The van der Waals surface area contributed by atoms with Crippen LogP contribution >= 0.6 is 7.60 Å². The van der Waals surface area contributed by atoms with Gasteiger partial charge in [0, 0.05) is 29.1 Å². The Labute approximate surface area is 175 Å². The maximum absolute atomic E-state index is 10.8. The van der Waals surface area contributed by atoms with Gasteiger partial charge in [-0.2, -0.15) is 4.98 Å². The van der Waals surface area contributed by atoms with Crippen molar-refractivity contribution in [2.45, 2.75) is 39.7 Å². The van der Waals surface area contributed by atoms with Crippen molar-refractivity contribution in [1.29, 1.82) is 0 Å². The molecule has 30 heavy (non-hydrogen) atoms. The van der Waals surface area contributed by atoms with Crippen LogP contribution in [0.4, 0.5) is 0 Å². The van der Waals surface area contributed by atoms with Crippen molar-refractivity contribution in [2.24, 2.45) is 0 Å². The molecule has 0 aliphatic rings. The van der Waals surface area contributed by atoms with Gasteiger partial charge in [0.15, 0.2) is 0 Å². The third-order valence-electron chi connectivity index (χ3n) is 4.53. The van der Waals surface area contributed by atoms with Gasteiger partial charge in [0.25, 0.3) is 5.89 Å². The summed E-state index contributed by atoms with van der Waals surface area (Å²) in [7, 11) is -3.91. The van der Waals surface area contributed by atoms with Gasteiger partial charge in [-0.15, -0.1) is 0 Å². The van der Waals surface area contributed by atoms with Gasteiger partial charge >= 0.3 is 7.60 Å². The van der Waals surface area contributed by atoms with Crippen LogP contribution in [0.25, 0.3) is 22.8 Å². The molecule has 0 bridgehead atoms. The van der Waals surface area contributed by atoms with Crippen LogP contribution in [0.1, 0.15) is 36.7 Å². The summed E-state index contributed by atoms with van der Waals surface area (Å²) in [6.45, 7) is 5.25. The van der Waals surface area contributed by atoms with Gasteiger partial charge in [0.05, 0.1) is 6.16 Å². The number of aryl methyl sites for hydroxylation is 2. The lowest BCUT2D eigenvalue weighted by atomic mass is 10.1. The summed E-state index contributed by atoms with van der Waals surface area (Å²) in [5.41, 5.74) is 4.74. The molecular weight excluding hydrogens is 403 g/mol. The second-order valence-corrected chi connectivity index (χ2v) is 9.05. The highest BCUT2D eigenvalue weighted by Gasteiger charge is 2.13. The highest BCUT2D eigenvalue weighted by molar-refractivity contribution is 7.51. The second kappa shape index (κ2) is 10.1. The topological polar surface area (TPSA) is 121 Å². The summed E-state index contributed by atoms with van der Waals surface area (Å²) >= 11 is 0. The minimum absolute atomic E-state index is 0.101. The number of aromatic nitrogens is 3. The molecule has 0 spiro atoms. The standard InChI is InChI=1S/C21H27N4O4P/c1-3-5-19-13-18(12-15(2)23-19)21-24-20(25-29-21)17-8-6-16(7-9-17)14-22-10-4-11-30(26,27)28/h6-9,12-13,22H,3-5,10-11,14H2,1-2H3,(H2,26,27,28). The summed E-state index contributed by atoms with van der Waals surface area (Å²) in [5, 5.41) is 7.29. The molecule has 0 aliphatic carbocycles. The molecule has 3 rings (SSSR count). The van der Waals surface area contributed by atoms with Gasteiger partial charge in [0.1, 0.15) is 0 Å². The van der Waals surface area contributed by atoms with Gasteiger partial charge in [-0.25, -0.2) is 0 Å². The van der Waals surface area contributed by atoms with Crippen LogP contribution in [0.2, 0.25) is 0 Å². The SMILES string of the molecule is CCCc1cc(-c2nc(-c3ccc(CNCCCP(=O)(O)O)cc3)no2)cc(C)n1. The maximum atomic E-state index is 10.8. The molecule has 0 fully saturated rings. The zero-order valence-corrected chi connectivity index (χ0v) is 18.1. The molecule has 0 saturated heterocycles. The van der Waals surface area contributed by atoms with Crippen molar-refractivity contribution in [1.82, 2.24) is 20.4 Å². The third kappa shape index (κ3) is 6.57. The molecule has 9 heteroatoms. The van der Waals surface area contributed by atoms with Crippen molar-refractivity contribution < 1.29 is 18.9 Å². The highest BCUT2D eigenvalue weighted by Crippen LogP contribution is 2.34. The molecule has 0 saturated carbocycles. The van der Waals surface area contributed by atoms with Crippen molar-refractivity contribution in [2.75, 3.05) is 12.7 Å². The molecule has 0 radical (unpaired) electrons. The van der Waals surface area contributed by atoms with Crippen molar-refractivity contribution in [3.8, 4) is 22.8 Å². The van der Waals surface area contributed by atoms with E-state index in [1.54, 1.807) is 0 Å². The average molecular weight is 430 g/mol. The molecule has 0 aliphatic heterocycles. The van der Waals surface area contributed by atoms with E-state index in [0.717, 1.165) is 40.9 Å². The van der Waals surface area contributed by atoms with E-state index in [2.05, 4.69) is 27.4 Å². The smallest absolute Gasteiger partial charge is 0.325 e. The monoisotopic (exact) mass is 430 g/mol. The molecule has 0 amide bonds. The van der Waals surface area contributed by atoms with Crippen LogP contribution in [0.15, 0.2) is 40.9 Å². The Morgan fingerprint density at radius 1 is 1.10 bits per heavy atom. The lowest BCUT2D eigenvalue weighted by molar-refractivity contribution is 0.371. The van der Waals surface area contributed by atoms with Gasteiger partial charge in [0.2, 0.25) is 5.82 Å². The number of nitrogens with zero attached hydrogens (tertiary/aromatic N) is 3. The minimum atomic E-state index is -3.91. The molecule has 3 aromatic rings. The van der Waals surface area contributed by atoms with E-state index in [-0.39, 0.29) is 6.16 Å². The Balaban J connectivity index is 1.61. The van der Waals surface area contributed by atoms with E-state index < -0.39 is 7.60 Å². The number of hydrogen-bond acceptors (Lipinski definition) is 6. The number of hydrogen-bond donors (Lipinski definition) is 3. The van der Waals surface area contributed by atoms with Gasteiger partial charge in [-0.05, 0) is 44.0 Å². The van der Waals surface area contributed by atoms with Gasteiger partial charge in [-0.1, -0.05) is 42.8 Å². The Morgan fingerprint density at radius 3 is 2.57 bits per heavy atom. The summed E-state index contributed by atoms with van der Waals surface area (Å²) in [6, 6.07) is 11.7. The van der Waals surface area contributed by atoms with Crippen LogP contribution in [0, 0.1) is 6.92 Å². The molecule has 2 aromatic heterocycles. The summed E-state index contributed by atoms with van der Waals surface area (Å²) in [6.07, 6.45) is 2.26. The maximum Gasteiger partial charge on any atom is 0.325 e. The molecule has 2 heterocycles. The quantitative estimate of drug-likeness (QED) is 0.329. The molecule has 8 nitrogen and oxygen atoms in total. The van der Waals surface area contributed by atoms with E-state index in [9.17, 15) is 4.57 Å². The lowest BCUT2D eigenvalue weighted by Crippen LogP contribution is -2.15. The van der Waals surface area contributed by atoms with Gasteiger partial charge in [-0.3, -0.25) is 9.55 Å². The number of nitrogens with one attached hydrogen (secondary N) is 1. The zero-order chi connectivity index (χ0) is 21.6. The Hall–Kier alpha value is -2.38. The number of pyridine rings is 1. The van der Waals surface area contributed by atoms with E-state index >= 15 is 0 Å².